The highest BCUT2D eigenvalue weighted by atomic mass is 32.2. The first kappa shape index (κ1) is 27.2. The Morgan fingerprint density at radius 2 is 1.88 bits per heavy atom. The number of hydrogen-bond donors (Lipinski definition) is 2. The van der Waals surface area contributed by atoms with Gasteiger partial charge < -0.3 is 14.6 Å². The van der Waals surface area contributed by atoms with Gasteiger partial charge in [-0.3, -0.25) is 4.79 Å². The molecular weight excluding hydrogens is 499 g/mol. The van der Waals surface area contributed by atoms with Gasteiger partial charge in [0.2, 0.25) is 10.0 Å². The van der Waals surface area contributed by atoms with E-state index in [0.29, 0.717) is 18.2 Å². The molecule has 1 amide bonds. The van der Waals surface area contributed by atoms with Gasteiger partial charge in [0, 0.05) is 18.9 Å². The fraction of sp³-hybridized carbons (Fsp3) is 0.316. The van der Waals surface area contributed by atoms with Crippen LogP contribution >= 0.6 is 0 Å². The smallest absolute Gasteiger partial charge is 0.419 e. The number of alkyl halides is 6. The van der Waals surface area contributed by atoms with Gasteiger partial charge in [-0.1, -0.05) is 6.08 Å². The summed E-state index contributed by atoms with van der Waals surface area (Å²) in [5.74, 6) is -5.48. The molecule has 0 aliphatic carbocycles. The van der Waals surface area contributed by atoms with Crippen LogP contribution in [0.4, 0.5) is 36.4 Å². The van der Waals surface area contributed by atoms with Gasteiger partial charge in [-0.2, -0.15) is 26.3 Å². The minimum atomic E-state index is -5.06. The number of sulfonamides is 1. The van der Waals surface area contributed by atoms with E-state index in [2.05, 4.69) is 6.58 Å². The Balaban J connectivity index is 2.41. The maximum absolute atomic E-state index is 13.5. The Kier molecular flexibility index (Phi) is 7.72. The molecule has 1 atom stereocenters. The molecule has 2 aromatic rings. The molecule has 3 N–H and O–H groups in total. The standard InChI is InChI=1S/C19H18F7N3O4S/c1-3-10(18(21,22)23)6-7-33-16-14(34(27,31)32)9-29(2)15(16)17(30)28-11-4-5-13(20)12(8-11)19(24,25)26/h3-5,8-10H,1,6-7H2,2H3,(H,28,30)(H2,27,31,32). The lowest BCUT2D eigenvalue weighted by Gasteiger charge is -2.17. The zero-order valence-corrected chi connectivity index (χ0v) is 18.1. The molecule has 1 heterocycles. The number of ether oxygens (including phenoxy) is 1. The van der Waals surface area contributed by atoms with Gasteiger partial charge in [-0.15, -0.1) is 6.58 Å². The summed E-state index contributed by atoms with van der Waals surface area (Å²) in [6.45, 7) is 2.36. The summed E-state index contributed by atoms with van der Waals surface area (Å²) in [7, 11) is -3.35. The molecule has 7 nitrogen and oxygen atoms in total. The molecule has 0 radical (unpaired) electrons. The van der Waals surface area contributed by atoms with Crippen LogP contribution in [0.25, 0.3) is 0 Å². The minimum absolute atomic E-state index is 0.315. The molecule has 0 fully saturated rings. The maximum atomic E-state index is 13.5. The van der Waals surface area contributed by atoms with Crippen LogP contribution in [0.3, 0.4) is 0 Å². The highest BCUT2D eigenvalue weighted by molar-refractivity contribution is 7.89. The normalized spacial score (nSPS) is 13.4. The Morgan fingerprint density at radius 3 is 2.38 bits per heavy atom. The molecule has 34 heavy (non-hydrogen) atoms. The lowest BCUT2D eigenvalue weighted by Crippen LogP contribution is -2.23. The maximum Gasteiger partial charge on any atom is 0.419 e. The second-order valence-corrected chi connectivity index (χ2v) is 8.52. The first-order valence-electron chi connectivity index (χ1n) is 9.19. The van der Waals surface area contributed by atoms with E-state index in [1.54, 1.807) is 0 Å². The predicted octanol–water partition coefficient (Wildman–Crippen LogP) is 4.22. The number of rotatable bonds is 8. The van der Waals surface area contributed by atoms with E-state index in [9.17, 15) is 43.9 Å². The van der Waals surface area contributed by atoms with Crippen LogP contribution in [0.15, 0.2) is 41.9 Å². The van der Waals surface area contributed by atoms with Crippen LogP contribution in [0, 0.1) is 11.7 Å². The number of nitrogens with two attached hydrogens (primary N) is 1. The molecule has 0 saturated carbocycles. The number of allylic oxidation sites excluding steroid dienone is 1. The zero-order valence-electron chi connectivity index (χ0n) is 17.3. The van der Waals surface area contributed by atoms with Crippen LogP contribution in [0.1, 0.15) is 22.5 Å². The van der Waals surface area contributed by atoms with Gasteiger partial charge in [0.05, 0.1) is 18.1 Å². The number of primary sulfonamides is 1. The lowest BCUT2D eigenvalue weighted by molar-refractivity contribution is -0.163. The number of halogens is 7. The quantitative estimate of drug-likeness (QED) is 0.404. The van der Waals surface area contributed by atoms with Crippen LogP contribution in [-0.2, 0) is 23.2 Å². The van der Waals surface area contributed by atoms with Crippen molar-refractivity contribution in [2.75, 3.05) is 11.9 Å². The van der Waals surface area contributed by atoms with Crippen LogP contribution in [0.2, 0.25) is 0 Å². The highest BCUT2D eigenvalue weighted by Gasteiger charge is 2.38. The van der Waals surface area contributed by atoms with E-state index in [1.807, 2.05) is 5.32 Å². The number of aromatic nitrogens is 1. The van der Waals surface area contributed by atoms with Crippen LogP contribution < -0.4 is 15.2 Å². The number of hydrogen-bond acceptors (Lipinski definition) is 4. The topological polar surface area (TPSA) is 103 Å². The minimum Gasteiger partial charge on any atom is -0.490 e. The fourth-order valence-corrected chi connectivity index (χ4v) is 3.61. The number of benzene rings is 1. The fourth-order valence-electron chi connectivity index (χ4n) is 2.90. The van der Waals surface area contributed by atoms with Gasteiger partial charge in [0.25, 0.3) is 5.91 Å². The molecule has 1 unspecified atom stereocenters. The molecule has 1 aromatic carbocycles. The Hall–Kier alpha value is -3.07. The summed E-state index contributed by atoms with van der Waals surface area (Å²) < 4.78 is 121. The molecule has 0 bridgehead atoms. The number of nitrogens with zero attached hydrogens (tertiary/aromatic N) is 1. The van der Waals surface area contributed by atoms with E-state index in [1.165, 1.54) is 7.05 Å². The Labute approximate surface area is 189 Å². The molecule has 2 rings (SSSR count). The number of carbonyl (C=O) groups excluding carboxylic acids is 1. The zero-order chi connectivity index (χ0) is 26.1. The number of amides is 1. The molecule has 15 heteroatoms. The molecule has 0 aliphatic heterocycles. The van der Waals surface area contributed by atoms with Crippen LogP contribution in [-0.4, -0.2) is 31.7 Å². The molecule has 0 aliphatic rings. The van der Waals surface area contributed by atoms with Crippen molar-refractivity contribution in [1.29, 1.82) is 0 Å². The van der Waals surface area contributed by atoms with Crippen molar-refractivity contribution in [1.82, 2.24) is 4.57 Å². The Bertz CT molecular complexity index is 1190. The molecular formula is C19H18F7N3O4S. The average molecular weight is 517 g/mol. The van der Waals surface area contributed by atoms with E-state index >= 15 is 0 Å². The van der Waals surface area contributed by atoms with Gasteiger partial charge in [0.15, 0.2) is 11.4 Å². The van der Waals surface area contributed by atoms with E-state index in [0.717, 1.165) is 16.8 Å². The van der Waals surface area contributed by atoms with E-state index in [4.69, 9.17) is 9.88 Å². The third-order valence-electron chi connectivity index (χ3n) is 4.53. The highest BCUT2D eigenvalue weighted by Crippen LogP contribution is 2.35. The van der Waals surface area contributed by atoms with Crippen LogP contribution in [0.5, 0.6) is 5.75 Å². The van der Waals surface area contributed by atoms with Crippen molar-refractivity contribution in [3.05, 3.63) is 54.1 Å². The van der Waals surface area contributed by atoms with E-state index < -0.39 is 80.6 Å². The molecule has 1 aromatic heterocycles. The first-order valence-corrected chi connectivity index (χ1v) is 10.7. The summed E-state index contributed by atoms with van der Waals surface area (Å²) in [5.41, 5.74) is -2.72. The van der Waals surface area contributed by atoms with Crippen molar-refractivity contribution in [3.63, 3.8) is 0 Å². The number of anilines is 1. The second-order valence-electron chi connectivity index (χ2n) is 6.99. The second kappa shape index (κ2) is 9.66. The van der Waals surface area contributed by atoms with Crippen molar-refractivity contribution >= 4 is 21.6 Å². The van der Waals surface area contributed by atoms with Gasteiger partial charge >= 0.3 is 12.4 Å². The third-order valence-corrected chi connectivity index (χ3v) is 5.44. The average Bonchev–Trinajstić information content (AvgIpc) is 3.01. The van der Waals surface area contributed by atoms with Gasteiger partial charge in [0.1, 0.15) is 10.7 Å². The predicted molar refractivity (Wildman–Crippen MR) is 106 cm³/mol. The van der Waals surface area contributed by atoms with Gasteiger partial charge in [-0.25, -0.2) is 17.9 Å². The third kappa shape index (κ3) is 6.28. The SMILES string of the molecule is C=CC(CCOc1c(S(N)(=O)=O)cn(C)c1C(=O)Nc1ccc(F)c(C(F)(F)F)c1)C(F)(F)F. The molecule has 188 valence electrons. The number of aryl methyl sites for hydroxylation is 1. The monoisotopic (exact) mass is 517 g/mol. The van der Waals surface area contributed by atoms with Gasteiger partial charge in [-0.05, 0) is 24.6 Å². The summed E-state index contributed by atoms with van der Waals surface area (Å²) in [6.07, 6.45) is -8.93. The molecule has 0 saturated heterocycles. The summed E-state index contributed by atoms with van der Waals surface area (Å²) in [5, 5.41) is 7.13. The lowest BCUT2D eigenvalue weighted by atomic mass is 10.1. The summed E-state index contributed by atoms with van der Waals surface area (Å²) >= 11 is 0. The number of carbonyl (C=O) groups is 1. The van der Waals surface area contributed by atoms with E-state index in [-0.39, 0.29) is 0 Å². The number of nitrogens with one attached hydrogen (secondary N) is 1. The largest absolute Gasteiger partial charge is 0.490 e. The first-order chi connectivity index (χ1) is 15.5. The molecule has 0 spiro atoms. The Morgan fingerprint density at radius 1 is 1.26 bits per heavy atom. The van der Waals surface area contributed by atoms with Crippen molar-refractivity contribution < 1.29 is 48.7 Å². The van der Waals surface area contributed by atoms with Crippen molar-refractivity contribution in [3.8, 4) is 5.75 Å². The summed E-state index contributed by atoms with van der Waals surface area (Å²) in [6, 6.07) is 1.60. The van der Waals surface area contributed by atoms with Crippen molar-refractivity contribution in [2.24, 2.45) is 18.1 Å². The summed E-state index contributed by atoms with van der Waals surface area (Å²) in [4.78, 5) is 12.0. The van der Waals surface area contributed by atoms with Crippen molar-refractivity contribution in [2.45, 2.75) is 23.7 Å².